The Morgan fingerprint density at radius 2 is 1.65 bits per heavy atom. The quantitative estimate of drug-likeness (QED) is 0.559. The summed E-state index contributed by atoms with van der Waals surface area (Å²) in [4.78, 5) is 23.8. The van der Waals surface area contributed by atoms with Gasteiger partial charge in [0.2, 0.25) is 0 Å². The van der Waals surface area contributed by atoms with Gasteiger partial charge in [-0.2, -0.15) is 5.26 Å². The number of esters is 2. The normalized spacial score (nSPS) is 11.3. The van der Waals surface area contributed by atoms with E-state index in [1.807, 2.05) is 42.5 Å². The van der Waals surface area contributed by atoms with Crippen molar-refractivity contribution in [2.24, 2.45) is 5.92 Å². The fourth-order valence-electron chi connectivity index (χ4n) is 2.54. The molecular formula is C21H21NO4. The van der Waals surface area contributed by atoms with Crippen molar-refractivity contribution < 1.29 is 19.1 Å². The van der Waals surface area contributed by atoms with Gasteiger partial charge < -0.3 is 9.47 Å². The Balaban J connectivity index is 2.02. The van der Waals surface area contributed by atoms with Crippen molar-refractivity contribution in [1.82, 2.24) is 0 Å². The summed E-state index contributed by atoms with van der Waals surface area (Å²) in [7, 11) is 0. The Bertz CT molecular complexity index is 806. The second-order valence-corrected chi connectivity index (χ2v) is 5.67. The molecule has 2 aromatic rings. The number of carbonyl (C=O) groups is 2. The fourth-order valence-corrected chi connectivity index (χ4v) is 2.54. The minimum Gasteiger partial charge on any atom is -0.465 e. The molecule has 0 aliphatic heterocycles. The van der Waals surface area contributed by atoms with Gasteiger partial charge in [-0.25, -0.2) is 0 Å². The molecule has 1 unspecified atom stereocenters. The molecule has 0 radical (unpaired) electrons. The third-order valence-corrected chi connectivity index (χ3v) is 3.96. The summed E-state index contributed by atoms with van der Waals surface area (Å²) in [5, 5.41) is 9.19. The summed E-state index contributed by atoms with van der Waals surface area (Å²) in [6.45, 7) is 3.75. The van der Waals surface area contributed by atoms with Crippen LogP contribution in [0.4, 0.5) is 0 Å². The first-order valence-electron chi connectivity index (χ1n) is 8.52. The zero-order chi connectivity index (χ0) is 18.9. The number of benzene rings is 2. The van der Waals surface area contributed by atoms with E-state index in [-0.39, 0.29) is 13.2 Å². The first kappa shape index (κ1) is 19.2. The molecule has 26 heavy (non-hydrogen) atoms. The van der Waals surface area contributed by atoms with Crippen LogP contribution in [0.3, 0.4) is 0 Å². The van der Waals surface area contributed by atoms with Gasteiger partial charge in [-0.1, -0.05) is 49.4 Å². The number of ether oxygens (including phenoxy) is 2. The minimum atomic E-state index is -0.892. The molecule has 2 aromatic carbocycles. The lowest BCUT2D eigenvalue weighted by atomic mass is 9.99. The molecule has 1 atom stereocenters. The Morgan fingerprint density at radius 3 is 2.27 bits per heavy atom. The number of hydrogen-bond acceptors (Lipinski definition) is 5. The van der Waals surface area contributed by atoms with Gasteiger partial charge in [0.15, 0.2) is 5.92 Å². The fraction of sp³-hybridized carbons (Fsp3) is 0.286. The Hall–Kier alpha value is -3.13. The largest absolute Gasteiger partial charge is 0.465 e. The van der Waals surface area contributed by atoms with Crippen LogP contribution in [-0.2, 0) is 25.7 Å². The van der Waals surface area contributed by atoms with Gasteiger partial charge in [-0.15, -0.1) is 0 Å². The van der Waals surface area contributed by atoms with Gasteiger partial charge in [-0.05, 0) is 36.1 Å². The molecule has 0 bridgehead atoms. The lowest BCUT2D eigenvalue weighted by molar-refractivity contribution is -0.162. The highest BCUT2D eigenvalue weighted by molar-refractivity contribution is 5.94. The average Bonchev–Trinajstić information content (AvgIpc) is 2.67. The third-order valence-electron chi connectivity index (χ3n) is 3.96. The molecule has 0 aliphatic rings. The van der Waals surface area contributed by atoms with Crippen molar-refractivity contribution in [3.63, 3.8) is 0 Å². The number of rotatable bonds is 7. The first-order chi connectivity index (χ1) is 12.6. The van der Waals surface area contributed by atoms with E-state index >= 15 is 0 Å². The van der Waals surface area contributed by atoms with Crippen LogP contribution >= 0.6 is 0 Å². The Labute approximate surface area is 153 Å². The molecule has 0 fully saturated rings. The van der Waals surface area contributed by atoms with Crippen LogP contribution in [0.25, 0.3) is 11.1 Å². The van der Waals surface area contributed by atoms with Crippen LogP contribution < -0.4 is 0 Å². The molecule has 0 amide bonds. The van der Waals surface area contributed by atoms with E-state index in [2.05, 4.69) is 6.07 Å². The van der Waals surface area contributed by atoms with Crippen LogP contribution in [0, 0.1) is 17.2 Å². The second kappa shape index (κ2) is 9.38. The van der Waals surface area contributed by atoms with E-state index in [9.17, 15) is 14.9 Å². The molecule has 0 aliphatic carbocycles. The predicted octanol–water partition coefficient (Wildman–Crippen LogP) is 3.86. The Kier molecular flexibility index (Phi) is 6.92. The molecule has 5 nitrogen and oxygen atoms in total. The monoisotopic (exact) mass is 351 g/mol. The maximum atomic E-state index is 12.1. The number of nitrogens with zero attached hydrogens (tertiary/aromatic N) is 1. The van der Waals surface area contributed by atoms with Crippen molar-refractivity contribution in [2.45, 2.75) is 26.9 Å². The van der Waals surface area contributed by atoms with E-state index in [1.54, 1.807) is 19.9 Å². The number of nitriles is 1. The van der Waals surface area contributed by atoms with Crippen molar-refractivity contribution in [2.75, 3.05) is 6.61 Å². The molecular weight excluding hydrogens is 330 g/mol. The summed E-state index contributed by atoms with van der Waals surface area (Å²) >= 11 is 0. The SMILES string of the molecule is CCOC(=O)C(CC)C(=O)OCc1ccc(-c2ccccc2C#N)cc1. The minimum absolute atomic E-state index is 0.0783. The maximum Gasteiger partial charge on any atom is 0.320 e. The van der Waals surface area contributed by atoms with Crippen LogP contribution in [0.2, 0.25) is 0 Å². The standard InChI is InChI=1S/C21H21NO4/c1-3-18(20(23)25-4-2)21(24)26-14-15-9-11-16(12-10-15)19-8-6-5-7-17(19)13-22/h5-12,18H,3-4,14H2,1-2H3. The zero-order valence-electron chi connectivity index (χ0n) is 14.9. The average molecular weight is 351 g/mol. The maximum absolute atomic E-state index is 12.1. The summed E-state index contributed by atoms with van der Waals surface area (Å²) in [6, 6.07) is 17.0. The van der Waals surface area contributed by atoms with Crippen LogP contribution in [-0.4, -0.2) is 18.5 Å². The lowest BCUT2D eigenvalue weighted by Crippen LogP contribution is -2.27. The van der Waals surface area contributed by atoms with Crippen molar-refractivity contribution in [1.29, 1.82) is 5.26 Å². The molecule has 0 saturated carbocycles. The molecule has 0 heterocycles. The summed E-state index contributed by atoms with van der Waals surface area (Å²) in [5.74, 6) is -2.02. The van der Waals surface area contributed by atoms with E-state index in [0.717, 1.165) is 16.7 Å². The van der Waals surface area contributed by atoms with Crippen LogP contribution in [0.5, 0.6) is 0 Å². The number of hydrogen-bond donors (Lipinski definition) is 0. The summed E-state index contributed by atoms with van der Waals surface area (Å²) in [6.07, 6.45) is 0.335. The molecule has 0 saturated heterocycles. The lowest BCUT2D eigenvalue weighted by Gasteiger charge is -2.13. The van der Waals surface area contributed by atoms with Gasteiger partial charge >= 0.3 is 11.9 Å². The Morgan fingerprint density at radius 1 is 1.00 bits per heavy atom. The van der Waals surface area contributed by atoms with Gasteiger partial charge in [0, 0.05) is 0 Å². The van der Waals surface area contributed by atoms with Gasteiger partial charge in [-0.3, -0.25) is 9.59 Å². The third kappa shape index (κ3) is 4.70. The van der Waals surface area contributed by atoms with E-state index in [4.69, 9.17) is 9.47 Å². The molecule has 5 heteroatoms. The van der Waals surface area contributed by atoms with Crippen molar-refractivity contribution in [3.05, 3.63) is 59.7 Å². The number of carbonyl (C=O) groups excluding carboxylic acids is 2. The molecule has 0 spiro atoms. The highest BCUT2D eigenvalue weighted by Crippen LogP contribution is 2.23. The first-order valence-corrected chi connectivity index (χ1v) is 8.52. The van der Waals surface area contributed by atoms with Gasteiger partial charge in [0.25, 0.3) is 0 Å². The van der Waals surface area contributed by atoms with Crippen molar-refractivity contribution in [3.8, 4) is 17.2 Å². The molecule has 0 aromatic heterocycles. The topological polar surface area (TPSA) is 76.4 Å². The smallest absolute Gasteiger partial charge is 0.320 e. The van der Waals surface area contributed by atoms with Gasteiger partial charge in [0.1, 0.15) is 6.61 Å². The summed E-state index contributed by atoms with van der Waals surface area (Å²) in [5.41, 5.74) is 3.17. The van der Waals surface area contributed by atoms with Gasteiger partial charge in [0.05, 0.1) is 18.2 Å². The van der Waals surface area contributed by atoms with E-state index < -0.39 is 17.9 Å². The van der Waals surface area contributed by atoms with E-state index in [1.165, 1.54) is 0 Å². The molecule has 134 valence electrons. The second-order valence-electron chi connectivity index (χ2n) is 5.67. The highest BCUT2D eigenvalue weighted by Gasteiger charge is 2.27. The van der Waals surface area contributed by atoms with Crippen molar-refractivity contribution >= 4 is 11.9 Å². The highest BCUT2D eigenvalue weighted by atomic mass is 16.6. The van der Waals surface area contributed by atoms with Crippen LogP contribution in [0.1, 0.15) is 31.4 Å². The summed E-state index contributed by atoms with van der Waals surface area (Å²) < 4.78 is 10.1. The van der Waals surface area contributed by atoms with E-state index in [0.29, 0.717) is 12.0 Å². The zero-order valence-corrected chi connectivity index (χ0v) is 14.9. The molecule has 0 N–H and O–H groups in total. The predicted molar refractivity (Wildman–Crippen MR) is 96.8 cm³/mol. The molecule has 2 rings (SSSR count). The van der Waals surface area contributed by atoms with Crippen LogP contribution in [0.15, 0.2) is 48.5 Å².